The van der Waals surface area contributed by atoms with Crippen LogP contribution in [-0.2, 0) is 17.9 Å². The Bertz CT molecular complexity index is 1310. The number of rotatable bonds is 8. The molecule has 3 aromatic rings. The van der Waals surface area contributed by atoms with Gasteiger partial charge in [0.25, 0.3) is 5.91 Å². The molecule has 1 heterocycles. The molecule has 1 N–H and O–H groups in total. The summed E-state index contributed by atoms with van der Waals surface area (Å²) in [5, 5.41) is 3.32. The van der Waals surface area contributed by atoms with Gasteiger partial charge in [-0.2, -0.15) is 0 Å². The van der Waals surface area contributed by atoms with E-state index in [-0.39, 0.29) is 18.1 Å². The van der Waals surface area contributed by atoms with Gasteiger partial charge in [-0.25, -0.2) is 4.79 Å². The third kappa shape index (κ3) is 5.97. The number of amides is 3. The lowest BCUT2D eigenvalue weighted by atomic mass is 10.1. The Morgan fingerprint density at radius 1 is 1.06 bits per heavy atom. The van der Waals surface area contributed by atoms with Crippen molar-refractivity contribution in [1.82, 2.24) is 10.2 Å². The molecule has 3 aromatic carbocycles. The Morgan fingerprint density at radius 2 is 1.86 bits per heavy atom. The minimum Gasteiger partial charge on any atom is -0.490 e. The fraction of sp³-hybridized carbons (Fsp3) is 0.185. The second-order valence-corrected chi connectivity index (χ2v) is 9.58. The zero-order valence-corrected chi connectivity index (χ0v) is 22.2. The predicted molar refractivity (Wildman–Crippen MR) is 144 cm³/mol. The molecule has 1 fully saturated rings. The van der Waals surface area contributed by atoms with Gasteiger partial charge in [0.2, 0.25) is 0 Å². The molecule has 1 saturated heterocycles. The molecule has 0 saturated carbocycles. The number of imide groups is 1. The van der Waals surface area contributed by atoms with Gasteiger partial charge in [-0.15, -0.1) is 0 Å². The highest BCUT2D eigenvalue weighted by Crippen LogP contribution is 2.36. The van der Waals surface area contributed by atoms with Crippen LogP contribution in [0, 0.1) is 10.5 Å². The van der Waals surface area contributed by atoms with Crippen molar-refractivity contribution in [2.75, 3.05) is 6.61 Å². The maximum Gasteiger partial charge on any atom is 0.329 e. The van der Waals surface area contributed by atoms with Gasteiger partial charge in [-0.05, 0) is 71.8 Å². The molecular formula is C27H24ClIN2O4. The maximum atomic E-state index is 13.0. The molecule has 0 unspecified atom stereocenters. The van der Waals surface area contributed by atoms with Gasteiger partial charge in [0.15, 0.2) is 11.5 Å². The van der Waals surface area contributed by atoms with Crippen LogP contribution < -0.4 is 14.8 Å². The summed E-state index contributed by atoms with van der Waals surface area (Å²) < 4.78 is 12.7. The van der Waals surface area contributed by atoms with Crippen molar-refractivity contribution in [3.63, 3.8) is 0 Å². The first kappa shape index (κ1) is 25.1. The van der Waals surface area contributed by atoms with E-state index >= 15 is 0 Å². The molecule has 3 amide bonds. The largest absolute Gasteiger partial charge is 0.490 e. The summed E-state index contributed by atoms with van der Waals surface area (Å²) in [5.74, 6) is 0.771. The molecule has 0 radical (unpaired) electrons. The van der Waals surface area contributed by atoms with Crippen molar-refractivity contribution in [2.24, 2.45) is 0 Å². The van der Waals surface area contributed by atoms with Crippen molar-refractivity contribution in [2.45, 2.75) is 27.0 Å². The van der Waals surface area contributed by atoms with E-state index < -0.39 is 6.03 Å². The third-order valence-electron chi connectivity index (χ3n) is 5.36. The maximum absolute atomic E-state index is 13.0. The standard InChI is InChI=1S/C27H24ClIN2O4/c1-3-34-24-14-19(12-22(29)25(24)35-16-20-9-4-5-10-21(20)28)13-23-26(32)31(27(33)30-23)15-18-8-6-7-17(2)11-18/h4-14H,3,15-16H2,1-2H3,(H,30,33)/b23-13+. The lowest BCUT2D eigenvalue weighted by Gasteiger charge is -2.15. The molecule has 4 rings (SSSR count). The fourth-order valence-electron chi connectivity index (χ4n) is 3.71. The highest BCUT2D eigenvalue weighted by Gasteiger charge is 2.33. The molecule has 0 spiro atoms. The van der Waals surface area contributed by atoms with Crippen molar-refractivity contribution >= 4 is 52.2 Å². The molecule has 180 valence electrons. The van der Waals surface area contributed by atoms with Gasteiger partial charge in [0.1, 0.15) is 12.3 Å². The van der Waals surface area contributed by atoms with Gasteiger partial charge in [0.05, 0.1) is 16.7 Å². The van der Waals surface area contributed by atoms with E-state index in [9.17, 15) is 9.59 Å². The molecule has 0 aromatic heterocycles. The fourth-order valence-corrected chi connectivity index (χ4v) is 4.69. The lowest BCUT2D eigenvalue weighted by molar-refractivity contribution is -0.123. The minimum atomic E-state index is -0.442. The lowest BCUT2D eigenvalue weighted by Crippen LogP contribution is -2.30. The Balaban J connectivity index is 1.56. The number of carbonyl (C=O) groups excluding carboxylic acids is 2. The van der Waals surface area contributed by atoms with E-state index in [1.165, 1.54) is 4.90 Å². The normalized spacial score (nSPS) is 14.4. The number of nitrogens with one attached hydrogen (secondary N) is 1. The number of urea groups is 1. The number of hydrogen-bond acceptors (Lipinski definition) is 4. The molecule has 0 aliphatic carbocycles. The van der Waals surface area contributed by atoms with Crippen molar-refractivity contribution in [1.29, 1.82) is 0 Å². The molecule has 1 aliphatic rings. The van der Waals surface area contributed by atoms with E-state index in [2.05, 4.69) is 27.9 Å². The van der Waals surface area contributed by atoms with Crippen molar-refractivity contribution in [3.05, 3.63) is 97.2 Å². The highest BCUT2D eigenvalue weighted by atomic mass is 127. The Kier molecular flexibility index (Phi) is 7.97. The molecular weight excluding hydrogens is 579 g/mol. The topological polar surface area (TPSA) is 67.9 Å². The molecule has 6 nitrogen and oxygen atoms in total. The summed E-state index contributed by atoms with van der Waals surface area (Å²) in [7, 11) is 0. The van der Waals surface area contributed by atoms with E-state index in [1.54, 1.807) is 12.1 Å². The summed E-state index contributed by atoms with van der Waals surface area (Å²) in [6.45, 7) is 4.80. The van der Waals surface area contributed by atoms with Gasteiger partial charge in [0, 0.05) is 10.6 Å². The smallest absolute Gasteiger partial charge is 0.329 e. The second-order valence-electron chi connectivity index (χ2n) is 8.01. The monoisotopic (exact) mass is 602 g/mol. The zero-order chi connectivity index (χ0) is 24.9. The Hall–Kier alpha value is -3.04. The van der Waals surface area contributed by atoms with Crippen LogP contribution in [0.1, 0.15) is 29.2 Å². The van der Waals surface area contributed by atoms with Crippen molar-refractivity contribution in [3.8, 4) is 11.5 Å². The average Bonchev–Trinajstić information content (AvgIpc) is 3.07. The van der Waals surface area contributed by atoms with Crippen molar-refractivity contribution < 1.29 is 19.1 Å². The summed E-state index contributed by atoms with van der Waals surface area (Å²) in [6.07, 6.45) is 1.65. The molecule has 0 bridgehead atoms. The van der Waals surface area contributed by atoms with E-state index in [4.69, 9.17) is 21.1 Å². The minimum absolute atomic E-state index is 0.209. The number of aryl methyl sites for hydroxylation is 1. The quantitative estimate of drug-likeness (QED) is 0.186. The van der Waals surface area contributed by atoms with Crippen LogP contribution in [-0.4, -0.2) is 23.4 Å². The molecule has 1 aliphatic heterocycles. The summed E-state index contributed by atoms with van der Waals surface area (Å²) in [4.78, 5) is 26.7. The van der Waals surface area contributed by atoms with Crippen LogP contribution in [0.5, 0.6) is 11.5 Å². The van der Waals surface area contributed by atoms with Crippen LogP contribution in [0.25, 0.3) is 6.08 Å². The van der Waals surface area contributed by atoms with Crippen LogP contribution in [0.3, 0.4) is 0 Å². The summed E-state index contributed by atoms with van der Waals surface area (Å²) in [6, 6.07) is 18.5. The first-order chi connectivity index (χ1) is 16.9. The second kappa shape index (κ2) is 11.1. The van der Waals surface area contributed by atoms with Gasteiger partial charge < -0.3 is 14.8 Å². The SMILES string of the molecule is CCOc1cc(/C=C2/NC(=O)N(Cc3cccc(C)c3)C2=O)cc(I)c1OCc1ccccc1Cl. The summed E-state index contributed by atoms with van der Waals surface area (Å²) in [5.41, 5.74) is 3.75. The molecule has 8 heteroatoms. The van der Waals surface area contributed by atoms with Crippen LogP contribution >= 0.6 is 34.2 Å². The number of hydrogen-bond donors (Lipinski definition) is 1. The Labute approximate surface area is 223 Å². The molecule has 0 atom stereocenters. The van der Waals surface area contributed by atoms with Crippen LogP contribution in [0.4, 0.5) is 4.79 Å². The van der Waals surface area contributed by atoms with Gasteiger partial charge in [-0.3, -0.25) is 9.69 Å². The number of benzene rings is 3. The van der Waals surface area contributed by atoms with Gasteiger partial charge in [-0.1, -0.05) is 59.6 Å². The zero-order valence-electron chi connectivity index (χ0n) is 19.3. The highest BCUT2D eigenvalue weighted by molar-refractivity contribution is 14.1. The van der Waals surface area contributed by atoms with E-state index in [0.29, 0.717) is 35.3 Å². The Morgan fingerprint density at radius 3 is 2.60 bits per heavy atom. The van der Waals surface area contributed by atoms with E-state index in [0.717, 1.165) is 20.3 Å². The van der Waals surface area contributed by atoms with Crippen LogP contribution in [0.15, 0.2) is 66.4 Å². The first-order valence-electron chi connectivity index (χ1n) is 11.1. The number of carbonyl (C=O) groups is 2. The average molecular weight is 603 g/mol. The number of ether oxygens (including phenoxy) is 2. The summed E-state index contributed by atoms with van der Waals surface area (Å²) >= 11 is 8.43. The third-order valence-corrected chi connectivity index (χ3v) is 6.53. The first-order valence-corrected chi connectivity index (χ1v) is 12.5. The predicted octanol–water partition coefficient (Wildman–Crippen LogP) is 6.32. The number of nitrogens with zero attached hydrogens (tertiary/aromatic N) is 1. The molecule has 35 heavy (non-hydrogen) atoms. The van der Waals surface area contributed by atoms with Crippen LogP contribution in [0.2, 0.25) is 5.02 Å². The van der Waals surface area contributed by atoms with E-state index in [1.807, 2.05) is 68.4 Å². The van der Waals surface area contributed by atoms with Gasteiger partial charge >= 0.3 is 6.03 Å². The number of halogens is 2.